The summed E-state index contributed by atoms with van der Waals surface area (Å²) in [6.07, 6.45) is 23.7. The van der Waals surface area contributed by atoms with Gasteiger partial charge in [-0.15, -0.1) is 0 Å². The maximum Gasteiger partial charge on any atom is 0.0966 e. The van der Waals surface area contributed by atoms with E-state index in [1.54, 1.807) is 0 Å². The van der Waals surface area contributed by atoms with Crippen LogP contribution < -0.4 is 0 Å². The van der Waals surface area contributed by atoms with Crippen molar-refractivity contribution in [2.24, 2.45) is 0 Å². The van der Waals surface area contributed by atoms with Crippen LogP contribution in [0.15, 0.2) is 12.7 Å². The van der Waals surface area contributed by atoms with Gasteiger partial charge in [-0.3, -0.25) is 0 Å². The molecule has 0 heterocycles. The van der Waals surface area contributed by atoms with E-state index in [4.69, 9.17) is 0 Å². The van der Waals surface area contributed by atoms with Crippen molar-refractivity contribution in [2.45, 2.75) is 103 Å². The molecule has 1 nitrogen and oxygen atoms in total. The maximum atomic E-state index is 3.85. The van der Waals surface area contributed by atoms with Gasteiger partial charge in [0.2, 0.25) is 0 Å². The van der Waals surface area contributed by atoms with Gasteiger partial charge in [-0.05, 0) is 18.9 Å². The lowest BCUT2D eigenvalue weighted by Crippen LogP contribution is -2.40. The fourth-order valence-corrected chi connectivity index (χ4v) is 3.35. The van der Waals surface area contributed by atoms with Crippen molar-refractivity contribution in [3.8, 4) is 0 Å². The Morgan fingerprint density at radius 3 is 1.30 bits per heavy atom. The molecule has 0 atom stereocenters. The smallest absolute Gasteiger partial charge is 0.0966 e. The van der Waals surface area contributed by atoms with E-state index < -0.39 is 0 Å². The van der Waals surface area contributed by atoms with Crippen LogP contribution in [0.4, 0.5) is 0 Å². The third-order valence-corrected chi connectivity index (χ3v) is 4.99. The first-order valence-corrected chi connectivity index (χ1v) is 10.6. The first kappa shape index (κ1) is 22.7. The summed E-state index contributed by atoms with van der Waals surface area (Å²) >= 11 is 0. The summed E-state index contributed by atoms with van der Waals surface area (Å²) in [5, 5.41) is 0. The molecular formula is C22H46N+. The van der Waals surface area contributed by atoms with Crippen molar-refractivity contribution in [1.82, 2.24) is 0 Å². The van der Waals surface area contributed by atoms with Crippen molar-refractivity contribution < 1.29 is 4.48 Å². The van der Waals surface area contributed by atoms with Gasteiger partial charge in [-0.25, -0.2) is 0 Å². The van der Waals surface area contributed by atoms with Gasteiger partial charge in [0.05, 0.1) is 27.2 Å². The maximum absolute atomic E-state index is 3.85. The minimum atomic E-state index is 1.10. The van der Waals surface area contributed by atoms with Gasteiger partial charge in [-0.1, -0.05) is 97.0 Å². The molecule has 0 bridgehead atoms. The molecule has 0 unspecified atom stereocenters. The molecule has 23 heavy (non-hydrogen) atoms. The zero-order valence-electron chi connectivity index (χ0n) is 16.8. The van der Waals surface area contributed by atoms with Crippen LogP contribution in [0.1, 0.15) is 103 Å². The number of likely N-dealkylation sites (N-methyl/N-ethyl adjacent to an activating group) is 1. The monoisotopic (exact) mass is 324 g/mol. The number of hydrogen-bond donors (Lipinski definition) is 0. The predicted molar refractivity (Wildman–Crippen MR) is 107 cm³/mol. The summed E-state index contributed by atoms with van der Waals surface area (Å²) in [6.45, 7) is 8.54. The molecule has 0 spiro atoms. The molecule has 0 rings (SSSR count). The van der Waals surface area contributed by atoms with Gasteiger partial charge >= 0.3 is 0 Å². The third-order valence-electron chi connectivity index (χ3n) is 4.99. The largest absolute Gasteiger partial charge is 0.325 e. The molecule has 0 aromatic rings. The Kier molecular flexibility index (Phi) is 16.3. The average Bonchev–Trinajstić information content (AvgIpc) is 2.51. The summed E-state index contributed by atoms with van der Waals surface area (Å²) in [7, 11) is 4.62. The molecule has 0 N–H and O–H groups in total. The highest BCUT2D eigenvalue weighted by Gasteiger charge is 2.10. The number of unbranched alkanes of at least 4 members (excludes halogenated alkanes) is 14. The predicted octanol–water partition coefficient (Wildman–Crippen LogP) is 7.12. The second kappa shape index (κ2) is 16.6. The molecule has 138 valence electrons. The topological polar surface area (TPSA) is 0 Å². The highest BCUT2D eigenvalue weighted by molar-refractivity contribution is 4.64. The van der Waals surface area contributed by atoms with Crippen molar-refractivity contribution in [3.05, 3.63) is 12.7 Å². The van der Waals surface area contributed by atoms with Crippen LogP contribution >= 0.6 is 0 Å². The highest BCUT2D eigenvalue weighted by atomic mass is 15.3. The molecule has 0 amide bonds. The van der Waals surface area contributed by atoms with Crippen molar-refractivity contribution in [3.63, 3.8) is 0 Å². The van der Waals surface area contributed by atoms with Gasteiger partial charge in [0.25, 0.3) is 0 Å². The number of hydrogen-bond acceptors (Lipinski definition) is 0. The van der Waals surface area contributed by atoms with Gasteiger partial charge in [0, 0.05) is 0 Å². The van der Waals surface area contributed by atoms with Crippen LogP contribution in [0, 0.1) is 0 Å². The Hall–Kier alpha value is -0.300. The van der Waals surface area contributed by atoms with Gasteiger partial charge in [-0.2, -0.15) is 0 Å². The first-order chi connectivity index (χ1) is 11.1. The number of rotatable bonds is 18. The average molecular weight is 325 g/mol. The molecule has 1 heteroatoms. The van der Waals surface area contributed by atoms with E-state index >= 15 is 0 Å². The summed E-state index contributed by atoms with van der Waals surface area (Å²) in [6, 6.07) is 0. The SMILES string of the molecule is C=CC[N+](C)(C)CCCCCCCCCCCCCCCCC. The van der Waals surface area contributed by atoms with Gasteiger partial charge in [0.15, 0.2) is 0 Å². The second-order valence-corrected chi connectivity index (χ2v) is 8.08. The van der Waals surface area contributed by atoms with Gasteiger partial charge < -0.3 is 4.48 Å². The van der Waals surface area contributed by atoms with Gasteiger partial charge in [0.1, 0.15) is 0 Å². The fraction of sp³-hybridized carbons (Fsp3) is 0.909. The standard InChI is InChI=1S/C22H46N/c1-5-7-8-9-10-11-12-13-14-15-16-17-18-19-20-22-23(3,4)21-6-2/h6H,2,5,7-22H2,1,3-4H3/q+1. The summed E-state index contributed by atoms with van der Waals surface area (Å²) in [5.41, 5.74) is 0. The molecule has 0 aliphatic heterocycles. The molecule has 0 aliphatic carbocycles. The molecular weight excluding hydrogens is 278 g/mol. The van der Waals surface area contributed by atoms with E-state index in [9.17, 15) is 0 Å². The highest BCUT2D eigenvalue weighted by Crippen LogP contribution is 2.13. The van der Waals surface area contributed by atoms with E-state index in [0.29, 0.717) is 0 Å². The molecule has 0 aromatic heterocycles. The van der Waals surface area contributed by atoms with Crippen LogP contribution in [-0.4, -0.2) is 31.7 Å². The summed E-state index contributed by atoms with van der Waals surface area (Å²) in [5.74, 6) is 0. The molecule has 0 fully saturated rings. The lowest BCUT2D eigenvalue weighted by atomic mass is 10.0. The lowest BCUT2D eigenvalue weighted by Gasteiger charge is -2.28. The minimum Gasteiger partial charge on any atom is -0.325 e. The zero-order valence-corrected chi connectivity index (χ0v) is 16.8. The Labute approximate surface area is 148 Å². The molecule has 0 saturated heterocycles. The Morgan fingerprint density at radius 2 is 0.957 bits per heavy atom. The molecule has 0 radical (unpaired) electrons. The van der Waals surface area contributed by atoms with Crippen molar-refractivity contribution in [1.29, 1.82) is 0 Å². The molecule has 0 aliphatic rings. The van der Waals surface area contributed by atoms with E-state index in [1.165, 1.54) is 103 Å². The lowest BCUT2D eigenvalue weighted by molar-refractivity contribution is -0.884. The quantitative estimate of drug-likeness (QED) is 0.143. The number of nitrogens with zero attached hydrogens (tertiary/aromatic N) is 1. The van der Waals surface area contributed by atoms with Crippen LogP contribution in [0.2, 0.25) is 0 Å². The van der Waals surface area contributed by atoms with E-state index in [0.717, 1.165) is 11.0 Å². The first-order valence-electron chi connectivity index (χ1n) is 10.6. The summed E-state index contributed by atoms with van der Waals surface area (Å²) < 4.78 is 1.10. The zero-order chi connectivity index (χ0) is 17.2. The molecule has 0 saturated carbocycles. The van der Waals surface area contributed by atoms with Crippen LogP contribution in [0.3, 0.4) is 0 Å². The number of quaternary nitrogens is 1. The summed E-state index contributed by atoms with van der Waals surface area (Å²) in [4.78, 5) is 0. The molecule has 0 aromatic carbocycles. The van der Waals surface area contributed by atoms with E-state index in [1.807, 2.05) is 6.08 Å². The van der Waals surface area contributed by atoms with Crippen LogP contribution in [0.5, 0.6) is 0 Å². The minimum absolute atomic E-state index is 1.10. The van der Waals surface area contributed by atoms with E-state index in [2.05, 4.69) is 27.6 Å². The van der Waals surface area contributed by atoms with Crippen molar-refractivity contribution >= 4 is 0 Å². The Balaban J connectivity index is 3.12. The Bertz CT molecular complexity index is 244. The van der Waals surface area contributed by atoms with Crippen LogP contribution in [0.25, 0.3) is 0 Å². The van der Waals surface area contributed by atoms with Crippen LogP contribution in [-0.2, 0) is 0 Å². The fourth-order valence-electron chi connectivity index (χ4n) is 3.35. The second-order valence-electron chi connectivity index (χ2n) is 8.08. The third kappa shape index (κ3) is 17.9. The normalized spacial score (nSPS) is 11.8. The van der Waals surface area contributed by atoms with E-state index in [-0.39, 0.29) is 0 Å². The van der Waals surface area contributed by atoms with Crippen molar-refractivity contribution in [2.75, 3.05) is 27.2 Å². The Morgan fingerprint density at radius 1 is 0.609 bits per heavy atom.